The van der Waals surface area contributed by atoms with E-state index in [-0.39, 0.29) is 5.60 Å². The Labute approximate surface area is 52.0 Å². The van der Waals surface area contributed by atoms with Crippen LogP contribution in [0.4, 0.5) is 0 Å². The summed E-state index contributed by atoms with van der Waals surface area (Å²) >= 11 is 0. The van der Waals surface area contributed by atoms with Crippen LogP contribution in [-0.2, 0) is 4.74 Å². The number of rotatable bonds is 1. The quantitative estimate of drug-likeness (QED) is 0.509. The molecule has 0 aromatic heterocycles. The van der Waals surface area contributed by atoms with Gasteiger partial charge in [0.2, 0.25) is 0 Å². The van der Waals surface area contributed by atoms with Crippen LogP contribution in [0.1, 0.15) is 34.6 Å². The van der Waals surface area contributed by atoms with Crippen LogP contribution < -0.4 is 0 Å². The van der Waals surface area contributed by atoms with Gasteiger partial charge in [0, 0.05) is 0 Å². The van der Waals surface area contributed by atoms with E-state index < -0.39 is 0 Å². The first-order chi connectivity index (χ1) is 3.42. The highest BCUT2D eigenvalue weighted by molar-refractivity contribution is 4.69. The minimum atomic E-state index is -0.0150. The molecule has 1 heteroatoms. The molecule has 0 unspecified atom stereocenters. The van der Waals surface area contributed by atoms with Crippen LogP contribution in [-0.4, -0.2) is 5.60 Å². The van der Waals surface area contributed by atoms with Crippen molar-refractivity contribution in [2.24, 2.45) is 0 Å². The van der Waals surface area contributed by atoms with E-state index in [2.05, 4.69) is 0 Å². The van der Waals surface area contributed by atoms with E-state index in [0.717, 1.165) is 6.10 Å². The van der Waals surface area contributed by atoms with Gasteiger partial charge in [-0.3, -0.25) is 0 Å². The molecule has 0 N–H and O–H groups in total. The van der Waals surface area contributed by atoms with Crippen molar-refractivity contribution in [1.29, 1.82) is 0 Å². The van der Waals surface area contributed by atoms with Crippen LogP contribution in [0.2, 0.25) is 0 Å². The van der Waals surface area contributed by atoms with Crippen LogP contribution in [0.5, 0.6) is 0 Å². The van der Waals surface area contributed by atoms with Crippen molar-refractivity contribution >= 4 is 0 Å². The van der Waals surface area contributed by atoms with Crippen molar-refractivity contribution < 1.29 is 4.74 Å². The summed E-state index contributed by atoms with van der Waals surface area (Å²) in [6.45, 7) is 10.1. The van der Waals surface area contributed by atoms with Crippen molar-refractivity contribution in [2.75, 3.05) is 0 Å². The summed E-state index contributed by atoms with van der Waals surface area (Å²) in [4.78, 5) is 0. The Morgan fingerprint density at radius 3 is 1.50 bits per heavy atom. The van der Waals surface area contributed by atoms with Crippen LogP contribution in [0, 0.1) is 6.10 Å². The lowest BCUT2D eigenvalue weighted by atomic mass is 10.2. The predicted molar refractivity (Wildman–Crippen MR) is 35.4 cm³/mol. The third kappa shape index (κ3) is 5.96. The monoisotopic (exact) mass is 115 g/mol. The maximum absolute atomic E-state index is 5.35. The van der Waals surface area contributed by atoms with Crippen LogP contribution in [0.25, 0.3) is 0 Å². The lowest BCUT2D eigenvalue weighted by molar-refractivity contribution is 0.0140. The smallest absolute Gasteiger partial charge is 0.0916 e. The minimum absolute atomic E-state index is 0.0150. The second-order valence-electron chi connectivity index (χ2n) is 3.12. The maximum Gasteiger partial charge on any atom is 0.0916 e. The van der Waals surface area contributed by atoms with Gasteiger partial charge in [0.1, 0.15) is 0 Å². The van der Waals surface area contributed by atoms with Crippen molar-refractivity contribution in [3.05, 3.63) is 6.10 Å². The Kier molecular flexibility index (Phi) is 2.48. The van der Waals surface area contributed by atoms with Crippen LogP contribution >= 0.6 is 0 Å². The summed E-state index contributed by atoms with van der Waals surface area (Å²) < 4.78 is 5.35. The van der Waals surface area contributed by atoms with E-state index in [1.807, 2.05) is 34.6 Å². The van der Waals surface area contributed by atoms with E-state index in [9.17, 15) is 0 Å². The summed E-state index contributed by atoms with van der Waals surface area (Å²) in [5, 5.41) is 0. The topological polar surface area (TPSA) is 9.23 Å². The molecule has 1 nitrogen and oxygen atoms in total. The van der Waals surface area contributed by atoms with Crippen molar-refractivity contribution in [1.82, 2.24) is 0 Å². The third-order valence-corrected chi connectivity index (χ3v) is 0.510. The van der Waals surface area contributed by atoms with E-state index in [0.29, 0.717) is 0 Å². The molecule has 0 aromatic carbocycles. The zero-order chi connectivity index (χ0) is 6.78. The SMILES string of the molecule is C[C](C)OC(C)(C)C. The fraction of sp³-hybridized carbons (Fsp3) is 0.857. The number of hydrogen-bond acceptors (Lipinski definition) is 1. The molecule has 0 aliphatic carbocycles. The summed E-state index contributed by atoms with van der Waals surface area (Å²) in [6, 6.07) is 0. The van der Waals surface area contributed by atoms with Gasteiger partial charge in [0.15, 0.2) is 0 Å². The predicted octanol–water partition coefficient (Wildman–Crippen LogP) is 2.37. The Morgan fingerprint density at radius 1 is 1.12 bits per heavy atom. The lowest BCUT2D eigenvalue weighted by Gasteiger charge is -2.21. The van der Waals surface area contributed by atoms with Crippen molar-refractivity contribution in [3.8, 4) is 0 Å². The highest BCUT2D eigenvalue weighted by Gasteiger charge is 2.11. The van der Waals surface area contributed by atoms with Gasteiger partial charge < -0.3 is 4.74 Å². The summed E-state index contributed by atoms with van der Waals surface area (Å²) in [6.07, 6.45) is 1.03. The summed E-state index contributed by atoms with van der Waals surface area (Å²) in [5.74, 6) is 0. The number of hydrogen-bond donors (Lipinski definition) is 0. The highest BCUT2D eigenvalue weighted by Crippen LogP contribution is 2.13. The normalized spacial score (nSPS) is 12.8. The van der Waals surface area contributed by atoms with E-state index in [1.165, 1.54) is 0 Å². The van der Waals surface area contributed by atoms with E-state index in [1.54, 1.807) is 0 Å². The minimum Gasteiger partial charge on any atom is -0.367 e. The molecule has 0 bridgehead atoms. The molecule has 0 spiro atoms. The standard InChI is InChI=1S/C7H15O/c1-6(2)8-7(3,4)5/h1-5H3. The molecule has 0 aromatic rings. The van der Waals surface area contributed by atoms with Crippen molar-refractivity contribution in [2.45, 2.75) is 40.2 Å². The van der Waals surface area contributed by atoms with E-state index in [4.69, 9.17) is 4.74 Å². The molecule has 0 atom stereocenters. The lowest BCUT2D eigenvalue weighted by Crippen LogP contribution is -2.19. The van der Waals surface area contributed by atoms with Gasteiger partial charge in [-0.25, -0.2) is 0 Å². The molecule has 1 radical (unpaired) electrons. The average molecular weight is 115 g/mol. The molecular formula is C7H15O. The molecule has 0 aliphatic rings. The van der Waals surface area contributed by atoms with Gasteiger partial charge in [-0.15, -0.1) is 0 Å². The van der Waals surface area contributed by atoms with Gasteiger partial charge in [0.25, 0.3) is 0 Å². The van der Waals surface area contributed by atoms with E-state index >= 15 is 0 Å². The first-order valence-corrected chi connectivity index (χ1v) is 2.91. The molecule has 0 aliphatic heterocycles. The van der Waals surface area contributed by atoms with Crippen molar-refractivity contribution in [3.63, 3.8) is 0 Å². The fourth-order valence-corrected chi connectivity index (χ4v) is 0.612. The molecule has 49 valence electrons. The Bertz CT molecular complexity index is 59.3. The van der Waals surface area contributed by atoms with Gasteiger partial charge in [-0.2, -0.15) is 0 Å². The second-order valence-corrected chi connectivity index (χ2v) is 3.12. The first-order valence-electron chi connectivity index (χ1n) is 2.91. The molecule has 0 saturated heterocycles. The highest BCUT2D eigenvalue weighted by atomic mass is 16.5. The Balaban J connectivity index is 3.39. The molecule has 0 fully saturated rings. The molecule has 0 amide bonds. The van der Waals surface area contributed by atoms with Gasteiger partial charge >= 0.3 is 0 Å². The second kappa shape index (κ2) is 2.49. The Hall–Kier alpha value is -0.0400. The van der Waals surface area contributed by atoms with Gasteiger partial charge in [0.05, 0.1) is 11.7 Å². The fourth-order valence-electron chi connectivity index (χ4n) is 0.612. The average Bonchev–Trinajstić information content (AvgIpc) is 1.21. The van der Waals surface area contributed by atoms with Gasteiger partial charge in [-0.1, -0.05) is 0 Å². The summed E-state index contributed by atoms with van der Waals surface area (Å²) in [5.41, 5.74) is -0.0150. The molecule has 0 heterocycles. The largest absolute Gasteiger partial charge is 0.367 e. The zero-order valence-electron chi connectivity index (χ0n) is 6.41. The molecule has 0 rings (SSSR count). The van der Waals surface area contributed by atoms with Crippen LogP contribution in [0.15, 0.2) is 0 Å². The first kappa shape index (κ1) is 7.96. The van der Waals surface area contributed by atoms with Crippen LogP contribution in [0.3, 0.4) is 0 Å². The number of ether oxygens (including phenoxy) is 1. The third-order valence-electron chi connectivity index (χ3n) is 0.510. The maximum atomic E-state index is 5.35. The zero-order valence-corrected chi connectivity index (χ0v) is 6.41. The van der Waals surface area contributed by atoms with Gasteiger partial charge in [-0.05, 0) is 34.6 Å². The summed E-state index contributed by atoms with van der Waals surface area (Å²) in [7, 11) is 0. The molecule has 8 heavy (non-hydrogen) atoms. The molecule has 0 saturated carbocycles. The molecular weight excluding hydrogens is 100 g/mol. The Morgan fingerprint density at radius 2 is 1.50 bits per heavy atom.